The third kappa shape index (κ3) is 2.91. The SMILES string of the molecule is Cc1cc([C@H]2CCCN2COC(N)=O)cnc1Cl. The first kappa shape index (κ1) is 13.1. The van der Waals surface area contributed by atoms with Gasteiger partial charge in [0.2, 0.25) is 0 Å². The van der Waals surface area contributed by atoms with Crippen LogP contribution in [0.3, 0.4) is 0 Å². The average molecular weight is 270 g/mol. The van der Waals surface area contributed by atoms with Gasteiger partial charge in [0.25, 0.3) is 0 Å². The van der Waals surface area contributed by atoms with E-state index in [4.69, 9.17) is 22.1 Å². The average Bonchev–Trinajstić information content (AvgIpc) is 2.78. The molecule has 0 radical (unpaired) electrons. The number of ether oxygens (including phenoxy) is 1. The Morgan fingerprint density at radius 1 is 1.72 bits per heavy atom. The van der Waals surface area contributed by atoms with Gasteiger partial charge in [-0.1, -0.05) is 11.6 Å². The van der Waals surface area contributed by atoms with E-state index in [1.807, 2.05) is 13.0 Å². The van der Waals surface area contributed by atoms with Crippen LogP contribution in [-0.4, -0.2) is 29.3 Å². The Hall–Kier alpha value is -1.33. The summed E-state index contributed by atoms with van der Waals surface area (Å²) in [5, 5.41) is 0.525. The van der Waals surface area contributed by atoms with Crippen molar-refractivity contribution in [3.63, 3.8) is 0 Å². The molecular formula is C12H16ClN3O2. The molecule has 0 spiro atoms. The Balaban J connectivity index is 2.10. The highest BCUT2D eigenvalue weighted by Gasteiger charge is 2.27. The minimum atomic E-state index is -0.744. The molecule has 1 aromatic heterocycles. The van der Waals surface area contributed by atoms with Crippen molar-refractivity contribution in [3.05, 3.63) is 28.5 Å². The maximum atomic E-state index is 10.6. The number of amides is 1. The third-order valence-electron chi connectivity index (χ3n) is 3.16. The van der Waals surface area contributed by atoms with Gasteiger partial charge in [-0.25, -0.2) is 9.78 Å². The summed E-state index contributed by atoms with van der Waals surface area (Å²) >= 11 is 5.92. The smallest absolute Gasteiger partial charge is 0.405 e. The number of likely N-dealkylation sites (tertiary alicyclic amines) is 1. The number of aromatic nitrogens is 1. The molecule has 1 atom stereocenters. The third-order valence-corrected chi connectivity index (χ3v) is 3.55. The summed E-state index contributed by atoms with van der Waals surface area (Å²) in [5.74, 6) is 0. The fourth-order valence-electron chi connectivity index (χ4n) is 2.27. The number of halogens is 1. The van der Waals surface area contributed by atoms with E-state index in [0.717, 1.165) is 30.5 Å². The van der Waals surface area contributed by atoms with Gasteiger partial charge < -0.3 is 10.5 Å². The number of aryl methyl sites for hydroxylation is 1. The summed E-state index contributed by atoms with van der Waals surface area (Å²) in [6.07, 6.45) is 3.12. The zero-order valence-electron chi connectivity index (χ0n) is 10.2. The summed E-state index contributed by atoms with van der Waals surface area (Å²) in [6, 6.07) is 2.25. The van der Waals surface area contributed by atoms with Crippen molar-refractivity contribution in [2.75, 3.05) is 13.3 Å². The van der Waals surface area contributed by atoms with Crippen molar-refractivity contribution in [3.8, 4) is 0 Å². The molecule has 1 saturated heterocycles. The highest BCUT2D eigenvalue weighted by molar-refractivity contribution is 6.30. The Kier molecular flexibility index (Phi) is 4.04. The van der Waals surface area contributed by atoms with Crippen molar-refractivity contribution in [1.82, 2.24) is 9.88 Å². The van der Waals surface area contributed by atoms with Crippen LogP contribution in [0.2, 0.25) is 5.15 Å². The van der Waals surface area contributed by atoms with Crippen LogP contribution in [0.25, 0.3) is 0 Å². The maximum Gasteiger partial charge on any atom is 0.405 e. The molecule has 0 bridgehead atoms. The first-order valence-electron chi connectivity index (χ1n) is 5.86. The van der Waals surface area contributed by atoms with Crippen LogP contribution in [-0.2, 0) is 4.74 Å². The van der Waals surface area contributed by atoms with Crippen LogP contribution in [0.4, 0.5) is 4.79 Å². The molecule has 0 saturated carbocycles. The van der Waals surface area contributed by atoms with Crippen LogP contribution < -0.4 is 5.73 Å². The number of hydrogen-bond acceptors (Lipinski definition) is 4. The fraction of sp³-hybridized carbons (Fsp3) is 0.500. The standard InChI is InChI=1S/C12H16ClN3O2/c1-8-5-9(6-15-11(8)13)10-3-2-4-16(10)7-18-12(14)17/h5-6,10H,2-4,7H2,1H3,(H2,14,17)/t10-/m1/s1. The molecule has 0 unspecified atom stereocenters. The Bertz CT molecular complexity index is 453. The predicted molar refractivity (Wildman–Crippen MR) is 68.2 cm³/mol. The molecule has 1 amide bonds. The minimum absolute atomic E-state index is 0.216. The van der Waals surface area contributed by atoms with Gasteiger partial charge >= 0.3 is 6.09 Å². The summed E-state index contributed by atoms with van der Waals surface area (Å²) < 4.78 is 4.85. The van der Waals surface area contributed by atoms with Crippen molar-refractivity contribution in [2.45, 2.75) is 25.8 Å². The number of pyridine rings is 1. The lowest BCUT2D eigenvalue weighted by molar-refractivity contribution is 0.0671. The molecule has 1 fully saturated rings. The van der Waals surface area contributed by atoms with E-state index in [1.54, 1.807) is 6.20 Å². The monoisotopic (exact) mass is 269 g/mol. The molecule has 0 aromatic carbocycles. The Morgan fingerprint density at radius 2 is 2.50 bits per heavy atom. The molecular weight excluding hydrogens is 254 g/mol. The summed E-state index contributed by atoms with van der Waals surface area (Å²) in [7, 11) is 0. The molecule has 18 heavy (non-hydrogen) atoms. The number of carbonyl (C=O) groups is 1. The largest absolute Gasteiger partial charge is 0.434 e. The molecule has 6 heteroatoms. The number of carbonyl (C=O) groups excluding carboxylic acids is 1. The Morgan fingerprint density at radius 3 is 3.17 bits per heavy atom. The van der Waals surface area contributed by atoms with Gasteiger partial charge in [0.1, 0.15) is 11.9 Å². The zero-order chi connectivity index (χ0) is 13.1. The molecule has 98 valence electrons. The summed E-state index contributed by atoms with van der Waals surface area (Å²) in [6.45, 7) is 3.04. The second-order valence-corrected chi connectivity index (χ2v) is 4.80. The minimum Gasteiger partial charge on any atom is -0.434 e. The lowest BCUT2D eigenvalue weighted by Crippen LogP contribution is -2.29. The second kappa shape index (κ2) is 5.54. The van der Waals surface area contributed by atoms with Gasteiger partial charge in [0.05, 0.1) is 0 Å². The van der Waals surface area contributed by atoms with Crippen LogP contribution in [0.15, 0.2) is 12.3 Å². The van der Waals surface area contributed by atoms with Gasteiger partial charge in [-0.2, -0.15) is 0 Å². The molecule has 1 aromatic rings. The molecule has 1 aliphatic heterocycles. The molecule has 2 heterocycles. The van der Waals surface area contributed by atoms with Gasteiger partial charge in [0, 0.05) is 18.8 Å². The zero-order valence-corrected chi connectivity index (χ0v) is 11.0. The van der Waals surface area contributed by atoms with E-state index >= 15 is 0 Å². The number of hydrogen-bond donors (Lipinski definition) is 1. The Labute approximate surface area is 111 Å². The van der Waals surface area contributed by atoms with E-state index in [0.29, 0.717) is 5.15 Å². The lowest BCUT2D eigenvalue weighted by Gasteiger charge is -2.23. The number of nitrogens with two attached hydrogens (primary N) is 1. The van der Waals surface area contributed by atoms with Gasteiger partial charge in [-0.15, -0.1) is 0 Å². The van der Waals surface area contributed by atoms with Crippen molar-refractivity contribution in [2.24, 2.45) is 5.73 Å². The van der Waals surface area contributed by atoms with Gasteiger partial charge in [0.15, 0.2) is 0 Å². The van der Waals surface area contributed by atoms with E-state index < -0.39 is 6.09 Å². The van der Waals surface area contributed by atoms with Crippen LogP contribution in [0, 0.1) is 6.92 Å². The molecule has 5 nitrogen and oxygen atoms in total. The summed E-state index contributed by atoms with van der Waals surface area (Å²) in [4.78, 5) is 16.9. The quantitative estimate of drug-likeness (QED) is 0.855. The molecule has 2 rings (SSSR count). The predicted octanol–water partition coefficient (Wildman–Crippen LogP) is 2.23. The highest BCUT2D eigenvalue weighted by Crippen LogP contribution is 2.32. The second-order valence-electron chi connectivity index (χ2n) is 4.44. The van der Waals surface area contributed by atoms with Crippen molar-refractivity contribution >= 4 is 17.7 Å². The first-order valence-corrected chi connectivity index (χ1v) is 6.24. The van der Waals surface area contributed by atoms with Gasteiger partial charge in [-0.3, -0.25) is 4.90 Å². The molecule has 0 aliphatic carbocycles. The van der Waals surface area contributed by atoms with Crippen LogP contribution in [0.1, 0.15) is 30.0 Å². The van der Waals surface area contributed by atoms with Crippen LogP contribution >= 0.6 is 11.6 Å². The van der Waals surface area contributed by atoms with E-state index in [2.05, 4.69) is 9.88 Å². The lowest BCUT2D eigenvalue weighted by atomic mass is 10.1. The number of nitrogens with zero attached hydrogens (tertiary/aromatic N) is 2. The maximum absolute atomic E-state index is 10.6. The van der Waals surface area contributed by atoms with Crippen LogP contribution in [0.5, 0.6) is 0 Å². The van der Waals surface area contributed by atoms with E-state index in [1.165, 1.54) is 0 Å². The normalized spacial score (nSPS) is 20.0. The topological polar surface area (TPSA) is 68.5 Å². The van der Waals surface area contributed by atoms with E-state index in [-0.39, 0.29) is 12.8 Å². The van der Waals surface area contributed by atoms with Crippen molar-refractivity contribution < 1.29 is 9.53 Å². The van der Waals surface area contributed by atoms with E-state index in [9.17, 15) is 4.79 Å². The first-order chi connectivity index (χ1) is 8.58. The van der Waals surface area contributed by atoms with Crippen molar-refractivity contribution in [1.29, 1.82) is 0 Å². The highest BCUT2D eigenvalue weighted by atomic mass is 35.5. The molecule has 1 aliphatic rings. The number of rotatable bonds is 3. The number of primary amides is 1. The fourth-order valence-corrected chi connectivity index (χ4v) is 2.37. The molecule has 2 N–H and O–H groups in total. The summed E-state index contributed by atoms with van der Waals surface area (Å²) in [5.41, 5.74) is 7.04. The van der Waals surface area contributed by atoms with Gasteiger partial charge in [-0.05, 0) is 37.0 Å².